The molecule has 13 heteroatoms. The molecule has 214 valence electrons. The molecular formula is C28H28N4O8S. The third kappa shape index (κ3) is 5.81. The molecule has 2 aromatic carbocycles. The fourth-order valence-corrected chi connectivity index (χ4v) is 6.03. The zero-order chi connectivity index (χ0) is 29.3. The number of phenols is 1. The quantitative estimate of drug-likeness (QED) is 0.194. The highest BCUT2D eigenvalue weighted by atomic mass is 32.1. The van der Waals surface area contributed by atoms with Crippen molar-refractivity contribution in [3.05, 3.63) is 90.3 Å². The Morgan fingerprint density at radius 2 is 1.80 bits per heavy atom. The maximum atomic E-state index is 13.0. The van der Waals surface area contributed by atoms with Gasteiger partial charge in [-0.3, -0.25) is 24.7 Å². The van der Waals surface area contributed by atoms with Crippen molar-refractivity contribution < 1.29 is 29.3 Å². The van der Waals surface area contributed by atoms with Crippen LogP contribution in [0.15, 0.2) is 52.1 Å². The van der Waals surface area contributed by atoms with Gasteiger partial charge in [-0.2, -0.15) is 4.68 Å². The molecule has 5 rings (SSSR count). The second-order valence-electron chi connectivity index (χ2n) is 9.50. The van der Waals surface area contributed by atoms with Gasteiger partial charge in [0.05, 0.1) is 24.8 Å². The maximum Gasteiger partial charge on any atom is 0.340 e. The minimum atomic E-state index is -1.18. The number of anilines is 1. The highest BCUT2D eigenvalue weighted by Crippen LogP contribution is 2.39. The van der Waals surface area contributed by atoms with Crippen LogP contribution in [-0.2, 0) is 19.5 Å². The number of fused-ring (bicyclic) bond motifs is 1. The number of nitrogens with zero attached hydrogens (tertiary/aromatic N) is 2. The van der Waals surface area contributed by atoms with E-state index in [1.54, 1.807) is 13.2 Å². The lowest BCUT2D eigenvalue weighted by molar-refractivity contribution is 0.0693. The van der Waals surface area contributed by atoms with Crippen molar-refractivity contribution in [3.8, 4) is 17.2 Å². The van der Waals surface area contributed by atoms with E-state index in [4.69, 9.17) is 9.47 Å². The van der Waals surface area contributed by atoms with E-state index < -0.39 is 23.0 Å². The summed E-state index contributed by atoms with van der Waals surface area (Å²) in [5.74, 6) is -0.716. The number of thiophene rings is 1. The molecule has 0 radical (unpaired) electrons. The second-order valence-corrected chi connectivity index (χ2v) is 10.6. The summed E-state index contributed by atoms with van der Waals surface area (Å²) in [7, 11) is 1.59. The van der Waals surface area contributed by atoms with Crippen LogP contribution in [-0.4, -0.2) is 58.0 Å². The van der Waals surface area contributed by atoms with E-state index in [9.17, 15) is 29.4 Å². The molecule has 0 fully saturated rings. The number of methoxy groups -OCH3 is 1. The summed E-state index contributed by atoms with van der Waals surface area (Å²) >= 11 is 1.18. The second kappa shape index (κ2) is 11.5. The summed E-state index contributed by atoms with van der Waals surface area (Å²) in [6.45, 7) is 3.29. The highest BCUT2D eigenvalue weighted by Gasteiger charge is 2.34. The number of aromatic nitrogens is 1. The van der Waals surface area contributed by atoms with Crippen molar-refractivity contribution in [1.29, 1.82) is 0 Å². The summed E-state index contributed by atoms with van der Waals surface area (Å²) in [6, 6.07) is 11.7. The van der Waals surface area contributed by atoms with Crippen molar-refractivity contribution in [2.45, 2.75) is 32.5 Å². The molecule has 4 N–H and O–H groups in total. The Bertz CT molecular complexity index is 1640. The van der Waals surface area contributed by atoms with Gasteiger partial charge in [0.15, 0.2) is 0 Å². The van der Waals surface area contributed by atoms with E-state index in [2.05, 4.69) is 15.6 Å². The number of rotatable bonds is 11. The van der Waals surface area contributed by atoms with E-state index in [0.29, 0.717) is 43.2 Å². The minimum Gasteiger partial charge on any atom is -0.507 e. The molecule has 1 aliphatic rings. The third-order valence-corrected chi connectivity index (χ3v) is 8.05. The summed E-state index contributed by atoms with van der Waals surface area (Å²) < 4.78 is 11.4. The lowest BCUT2D eigenvalue weighted by Crippen LogP contribution is -2.47. The number of carbonyl (C=O) groups is 2. The molecule has 0 saturated carbocycles. The number of ether oxygens (including phenoxy) is 2. The first kappa shape index (κ1) is 27.9. The van der Waals surface area contributed by atoms with Gasteiger partial charge in [-0.05, 0) is 48.7 Å². The third-order valence-electron chi connectivity index (χ3n) is 6.93. The highest BCUT2D eigenvalue weighted by molar-refractivity contribution is 7.16. The van der Waals surface area contributed by atoms with Gasteiger partial charge in [0, 0.05) is 36.6 Å². The lowest BCUT2D eigenvalue weighted by atomic mass is 9.95. The first-order valence-corrected chi connectivity index (χ1v) is 13.7. The number of hydrogen-bond donors (Lipinski definition) is 4. The van der Waals surface area contributed by atoms with Crippen LogP contribution in [0.1, 0.15) is 43.6 Å². The Balaban J connectivity index is 1.41. The molecule has 0 bridgehead atoms. The summed E-state index contributed by atoms with van der Waals surface area (Å²) in [5.41, 5.74) is 2.84. The zero-order valence-electron chi connectivity index (χ0n) is 22.3. The number of nitrogens with one attached hydrogen (secondary N) is 2. The van der Waals surface area contributed by atoms with Gasteiger partial charge in [-0.25, -0.2) is 4.79 Å². The summed E-state index contributed by atoms with van der Waals surface area (Å²) in [5, 5.41) is 23.5. The molecular weight excluding hydrogens is 552 g/mol. The van der Waals surface area contributed by atoms with E-state index in [0.717, 1.165) is 15.1 Å². The minimum absolute atomic E-state index is 0.00193. The van der Waals surface area contributed by atoms with E-state index in [1.807, 2.05) is 31.2 Å². The van der Waals surface area contributed by atoms with Crippen LogP contribution in [0.3, 0.4) is 0 Å². The molecule has 0 aliphatic carbocycles. The van der Waals surface area contributed by atoms with E-state index in [-0.39, 0.29) is 34.5 Å². The van der Waals surface area contributed by atoms with Gasteiger partial charge in [0.25, 0.3) is 5.91 Å². The number of aromatic carboxylic acids is 1. The first-order valence-electron chi connectivity index (χ1n) is 12.8. The Morgan fingerprint density at radius 1 is 1.10 bits per heavy atom. The lowest BCUT2D eigenvalue weighted by Gasteiger charge is -2.36. The molecule has 2 aromatic heterocycles. The van der Waals surface area contributed by atoms with Crippen molar-refractivity contribution in [2.24, 2.45) is 0 Å². The largest absolute Gasteiger partial charge is 0.507 e. The summed E-state index contributed by atoms with van der Waals surface area (Å²) in [6.07, 6.45) is 0.294. The number of benzene rings is 2. The van der Waals surface area contributed by atoms with Crippen LogP contribution in [0.2, 0.25) is 0 Å². The smallest absolute Gasteiger partial charge is 0.340 e. The van der Waals surface area contributed by atoms with Gasteiger partial charge in [0.2, 0.25) is 0 Å². The van der Waals surface area contributed by atoms with E-state index >= 15 is 0 Å². The maximum absolute atomic E-state index is 13.0. The van der Waals surface area contributed by atoms with Crippen LogP contribution < -0.4 is 31.3 Å². The molecule has 3 heterocycles. The Labute approximate surface area is 238 Å². The van der Waals surface area contributed by atoms with Crippen molar-refractivity contribution in [1.82, 2.24) is 14.9 Å². The van der Waals surface area contributed by atoms with Gasteiger partial charge in [-0.1, -0.05) is 12.1 Å². The molecule has 1 amide bonds. The molecule has 1 unspecified atom stereocenters. The van der Waals surface area contributed by atoms with Crippen LogP contribution >= 0.6 is 11.3 Å². The first-order chi connectivity index (χ1) is 19.7. The van der Waals surface area contributed by atoms with Gasteiger partial charge < -0.3 is 25.0 Å². The Kier molecular flexibility index (Phi) is 7.81. The average Bonchev–Trinajstić information content (AvgIpc) is 3.34. The zero-order valence-corrected chi connectivity index (χ0v) is 23.1. The topological polar surface area (TPSA) is 159 Å². The number of carboxylic acid groups (broad SMARTS) is 1. The van der Waals surface area contributed by atoms with E-state index in [1.165, 1.54) is 23.5 Å². The number of hydrogen-bond acceptors (Lipinski definition) is 10. The fraction of sp³-hybridized carbons (Fsp3) is 0.286. The summed E-state index contributed by atoms with van der Waals surface area (Å²) in [4.78, 5) is 51.2. The van der Waals surface area contributed by atoms with Crippen molar-refractivity contribution in [3.63, 3.8) is 0 Å². The van der Waals surface area contributed by atoms with Gasteiger partial charge in [0.1, 0.15) is 22.2 Å². The van der Waals surface area contributed by atoms with Crippen molar-refractivity contribution in [2.75, 3.05) is 25.7 Å². The number of carboxylic acids is 1. The van der Waals surface area contributed by atoms with Crippen LogP contribution in [0, 0.1) is 0 Å². The van der Waals surface area contributed by atoms with Crippen LogP contribution in [0.25, 0.3) is 0 Å². The predicted octanol–water partition coefficient (Wildman–Crippen LogP) is 2.19. The number of phenolic OH excluding ortho intramolecular Hbond substituents is 1. The van der Waals surface area contributed by atoms with Gasteiger partial charge in [-0.15, -0.1) is 11.3 Å². The molecule has 41 heavy (non-hydrogen) atoms. The standard InChI is InChI=1S/C28H28N4O8S/c1-3-40-18-8-9-19(21(33)11-18)24(34)29-12-16-10-20-22(14-31(16)13-15-4-6-17(39-2)7-5-15)41-25(23(20)28(37)38)30-32-26(35)27(32)36/h4-9,11,16,30,33H,3,10,12-14H2,1-2H3,(H,29,34)(H,37,38). The van der Waals surface area contributed by atoms with Crippen LogP contribution in [0.5, 0.6) is 17.2 Å². The molecule has 1 aliphatic heterocycles. The predicted molar refractivity (Wildman–Crippen MR) is 151 cm³/mol. The van der Waals surface area contributed by atoms with Crippen LogP contribution in [0.4, 0.5) is 5.00 Å². The monoisotopic (exact) mass is 580 g/mol. The fourth-order valence-electron chi connectivity index (χ4n) is 4.79. The van der Waals surface area contributed by atoms with Gasteiger partial charge >= 0.3 is 17.1 Å². The average molecular weight is 581 g/mol. The number of amides is 1. The Hall–Kier alpha value is -4.62. The SMILES string of the molecule is CCOc1ccc(C(=O)NCC2Cc3c(sc(Nn4c(=O)c4=O)c3C(=O)O)CN2Cc2ccc(OC)cc2)c(O)c1. The normalized spacial score (nSPS) is 14.9. The molecule has 12 nitrogen and oxygen atoms in total. The number of aromatic hydroxyl groups is 1. The molecule has 0 saturated heterocycles. The molecule has 0 spiro atoms. The number of carbonyl (C=O) groups excluding carboxylic acids is 1. The molecule has 4 aromatic rings. The molecule has 1 atom stereocenters. The van der Waals surface area contributed by atoms with Crippen molar-refractivity contribution >= 4 is 28.2 Å². The Morgan fingerprint density at radius 3 is 2.41 bits per heavy atom.